The molecule has 0 aliphatic rings. The van der Waals surface area contributed by atoms with Crippen LogP contribution < -0.4 is 5.32 Å². The number of benzene rings is 1. The van der Waals surface area contributed by atoms with Crippen molar-refractivity contribution in [2.75, 3.05) is 14.1 Å². The van der Waals surface area contributed by atoms with Crippen molar-refractivity contribution in [3.05, 3.63) is 53.5 Å². The lowest BCUT2D eigenvalue weighted by Gasteiger charge is -2.19. The van der Waals surface area contributed by atoms with Gasteiger partial charge in [-0.2, -0.15) is 4.31 Å². The minimum atomic E-state index is -3.54. The second-order valence-electron chi connectivity index (χ2n) is 4.91. The van der Waals surface area contributed by atoms with E-state index in [-0.39, 0.29) is 6.54 Å². The van der Waals surface area contributed by atoms with E-state index in [4.69, 9.17) is 4.42 Å². The Labute approximate surface area is 125 Å². The van der Waals surface area contributed by atoms with E-state index in [9.17, 15) is 8.42 Å². The van der Waals surface area contributed by atoms with Crippen LogP contribution in [0, 0.1) is 6.92 Å². The molecule has 0 bridgehead atoms. The summed E-state index contributed by atoms with van der Waals surface area (Å²) in [5.74, 6) is 0.616. The number of nitrogens with one attached hydrogen (secondary N) is 1. The normalized spacial score (nSPS) is 12.0. The summed E-state index contributed by atoms with van der Waals surface area (Å²) in [5, 5.41) is 3.05. The van der Waals surface area contributed by atoms with Gasteiger partial charge in [0.15, 0.2) is 0 Å². The Bertz CT molecular complexity index is 694. The third-order valence-electron chi connectivity index (χ3n) is 3.41. The SMILES string of the molecule is CNCc1cccc(S(=O)(=O)N(C)Cc2ccco2)c1C. The van der Waals surface area contributed by atoms with Crippen molar-refractivity contribution in [1.82, 2.24) is 9.62 Å². The molecule has 1 N–H and O–H groups in total. The summed E-state index contributed by atoms with van der Waals surface area (Å²) in [7, 11) is -0.146. The first kappa shape index (κ1) is 15.8. The zero-order valence-corrected chi connectivity index (χ0v) is 13.3. The van der Waals surface area contributed by atoms with Crippen molar-refractivity contribution in [1.29, 1.82) is 0 Å². The Hall–Kier alpha value is -1.63. The standard InChI is InChI=1S/C15H20N2O3S/c1-12-13(10-16-2)6-4-8-15(12)21(18,19)17(3)11-14-7-5-9-20-14/h4-9,16H,10-11H2,1-3H3. The highest BCUT2D eigenvalue weighted by Gasteiger charge is 2.24. The van der Waals surface area contributed by atoms with Crippen molar-refractivity contribution >= 4 is 10.0 Å². The Morgan fingerprint density at radius 1 is 1.24 bits per heavy atom. The van der Waals surface area contributed by atoms with Gasteiger partial charge in [-0.3, -0.25) is 0 Å². The van der Waals surface area contributed by atoms with E-state index >= 15 is 0 Å². The summed E-state index contributed by atoms with van der Waals surface area (Å²) < 4.78 is 31.9. The maximum absolute atomic E-state index is 12.7. The molecule has 0 spiro atoms. The van der Waals surface area contributed by atoms with E-state index in [1.165, 1.54) is 10.6 Å². The maximum atomic E-state index is 12.7. The van der Waals surface area contributed by atoms with E-state index in [2.05, 4.69) is 5.32 Å². The van der Waals surface area contributed by atoms with Crippen molar-refractivity contribution < 1.29 is 12.8 Å². The fourth-order valence-electron chi connectivity index (χ4n) is 2.20. The van der Waals surface area contributed by atoms with Crippen LogP contribution in [0.1, 0.15) is 16.9 Å². The third-order valence-corrected chi connectivity index (χ3v) is 5.36. The quantitative estimate of drug-likeness (QED) is 0.888. The molecule has 0 saturated carbocycles. The topological polar surface area (TPSA) is 62.6 Å². The van der Waals surface area contributed by atoms with E-state index in [1.54, 1.807) is 31.3 Å². The number of hydrogen-bond acceptors (Lipinski definition) is 4. The van der Waals surface area contributed by atoms with Gasteiger partial charge >= 0.3 is 0 Å². The Balaban J connectivity index is 2.33. The molecule has 21 heavy (non-hydrogen) atoms. The summed E-state index contributed by atoms with van der Waals surface area (Å²) in [6.45, 7) is 2.68. The van der Waals surface area contributed by atoms with E-state index in [1.807, 2.05) is 20.0 Å². The van der Waals surface area contributed by atoms with Crippen molar-refractivity contribution in [2.24, 2.45) is 0 Å². The Morgan fingerprint density at radius 3 is 2.62 bits per heavy atom. The summed E-state index contributed by atoms with van der Waals surface area (Å²) in [4.78, 5) is 0.337. The van der Waals surface area contributed by atoms with Crippen LogP contribution in [0.4, 0.5) is 0 Å². The van der Waals surface area contributed by atoms with Crippen molar-refractivity contribution in [2.45, 2.75) is 24.9 Å². The lowest BCUT2D eigenvalue weighted by atomic mass is 10.1. The molecular formula is C15H20N2O3S. The van der Waals surface area contributed by atoms with E-state index in [0.29, 0.717) is 17.2 Å². The average molecular weight is 308 g/mol. The summed E-state index contributed by atoms with van der Waals surface area (Å²) in [5.41, 5.74) is 1.75. The van der Waals surface area contributed by atoms with Crippen LogP contribution >= 0.6 is 0 Å². The first-order chi connectivity index (χ1) is 9.96. The molecule has 6 heteroatoms. The molecule has 0 aliphatic heterocycles. The van der Waals surface area contributed by atoms with Gasteiger partial charge < -0.3 is 9.73 Å². The second kappa shape index (κ2) is 6.43. The smallest absolute Gasteiger partial charge is 0.243 e. The molecule has 0 radical (unpaired) electrons. The highest BCUT2D eigenvalue weighted by atomic mass is 32.2. The lowest BCUT2D eigenvalue weighted by Crippen LogP contribution is -2.27. The van der Waals surface area contributed by atoms with Gasteiger partial charge in [0.25, 0.3) is 0 Å². The fourth-order valence-corrected chi connectivity index (χ4v) is 3.60. The van der Waals surface area contributed by atoms with Crippen LogP contribution in [-0.2, 0) is 23.1 Å². The highest BCUT2D eigenvalue weighted by Crippen LogP contribution is 2.23. The molecule has 1 aromatic heterocycles. The van der Waals surface area contributed by atoms with Crippen LogP contribution in [0.3, 0.4) is 0 Å². The third kappa shape index (κ3) is 3.34. The van der Waals surface area contributed by atoms with Crippen molar-refractivity contribution in [3.8, 4) is 0 Å². The molecule has 1 aromatic carbocycles. The molecule has 0 fully saturated rings. The van der Waals surface area contributed by atoms with Gasteiger partial charge in [0.05, 0.1) is 17.7 Å². The monoisotopic (exact) mass is 308 g/mol. The molecule has 0 atom stereocenters. The summed E-state index contributed by atoms with van der Waals surface area (Å²) in [6.07, 6.45) is 1.54. The van der Waals surface area contributed by atoms with Crippen LogP contribution in [0.25, 0.3) is 0 Å². The van der Waals surface area contributed by atoms with Gasteiger partial charge in [0.1, 0.15) is 5.76 Å². The van der Waals surface area contributed by atoms with Crippen LogP contribution in [0.5, 0.6) is 0 Å². The largest absolute Gasteiger partial charge is 0.468 e. The Kier molecular flexibility index (Phi) is 4.82. The first-order valence-corrected chi connectivity index (χ1v) is 8.12. The molecule has 0 saturated heterocycles. The van der Waals surface area contributed by atoms with Crippen molar-refractivity contribution in [3.63, 3.8) is 0 Å². The van der Waals surface area contributed by atoms with Gasteiger partial charge in [-0.05, 0) is 43.3 Å². The second-order valence-corrected chi connectivity index (χ2v) is 6.92. The molecule has 114 valence electrons. The predicted molar refractivity (Wildman–Crippen MR) is 81.3 cm³/mol. The van der Waals surface area contributed by atoms with Gasteiger partial charge in [-0.25, -0.2) is 8.42 Å². The fraction of sp³-hybridized carbons (Fsp3) is 0.333. The minimum absolute atomic E-state index is 0.213. The average Bonchev–Trinajstić information content (AvgIpc) is 2.94. The van der Waals surface area contributed by atoms with Crippen LogP contribution in [0.2, 0.25) is 0 Å². The highest BCUT2D eigenvalue weighted by molar-refractivity contribution is 7.89. The maximum Gasteiger partial charge on any atom is 0.243 e. The summed E-state index contributed by atoms with van der Waals surface area (Å²) >= 11 is 0. The van der Waals surface area contributed by atoms with E-state index in [0.717, 1.165) is 11.1 Å². The molecule has 5 nitrogen and oxygen atoms in total. The first-order valence-electron chi connectivity index (χ1n) is 6.68. The molecule has 2 aromatic rings. The van der Waals surface area contributed by atoms with Gasteiger partial charge in [-0.1, -0.05) is 12.1 Å². The number of nitrogens with zero attached hydrogens (tertiary/aromatic N) is 1. The zero-order valence-electron chi connectivity index (χ0n) is 12.5. The Morgan fingerprint density at radius 2 is 2.00 bits per heavy atom. The molecule has 2 rings (SSSR count). The van der Waals surface area contributed by atoms with Crippen LogP contribution in [-0.4, -0.2) is 26.8 Å². The molecule has 0 amide bonds. The molecular weight excluding hydrogens is 288 g/mol. The number of furan rings is 1. The molecule has 0 unspecified atom stereocenters. The zero-order chi connectivity index (χ0) is 15.5. The lowest BCUT2D eigenvalue weighted by molar-refractivity contribution is 0.406. The number of hydrogen-bond donors (Lipinski definition) is 1. The van der Waals surface area contributed by atoms with Gasteiger partial charge in [0.2, 0.25) is 10.0 Å². The minimum Gasteiger partial charge on any atom is -0.468 e. The van der Waals surface area contributed by atoms with E-state index < -0.39 is 10.0 Å². The molecule has 0 aliphatic carbocycles. The predicted octanol–water partition coefficient (Wildman–Crippen LogP) is 2.13. The van der Waals surface area contributed by atoms with Crippen LogP contribution in [0.15, 0.2) is 45.9 Å². The number of rotatable bonds is 6. The molecule has 1 heterocycles. The summed E-state index contributed by atoms with van der Waals surface area (Å²) in [6, 6.07) is 8.85. The van der Waals surface area contributed by atoms with Gasteiger partial charge in [0, 0.05) is 13.6 Å². The van der Waals surface area contributed by atoms with Gasteiger partial charge in [-0.15, -0.1) is 0 Å². The number of sulfonamides is 1.